The van der Waals surface area contributed by atoms with Crippen LogP contribution in [0.3, 0.4) is 0 Å². The Morgan fingerprint density at radius 1 is 0.773 bits per heavy atom. The molecule has 0 radical (unpaired) electrons. The van der Waals surface area contributed by atoms with Crippen LogP contribution in [0.4, 0.5) is 0 Å². The first-order valence-electron chi connectivity index (χ1n) is 21.3. The number of aliphatic carboxylic acids is 1. The zero-order chi connectivity index (χ0) is 48.4. The fraction of sp³-hybridized carbons (Fsp3) is 0.568. The van der Waals surface area contributed by atoms with Gasteiger partial charge in [-0.05, 0) is 81.3 Å². The van der Waals surface area contributed by atoms with E-state index in [1.165, 1.54) is 28.9 Å². The number of aliphatic hydroxyl groups is 2. The van der Waals surface area contributed by atoms with Crippen molar-refractivity contribution in [3.63, 3.8) is 0 Å². The standard InChI is InChI=1S/C18H28N2O6S.C13H19N3O2S.C13H17NO5S/c1-18(2)25-14(16(21)19-9-8-12-7-6-10-27-12)15(26-18)17(22)20(3)11-13(23-4)24-5;1-16-7-6-15-13(16)12(18)11(17)9-14-5-4-10-3-2-8-19-10;1-13(2)18-9(10(19-13)12(16)17)11(15)14-6-5-8-4-3-7-20-8/h6-7,10,13-15H,8-9,11H2,1-5H3,(H,19,21);2-3,6-8,11-12,14,17-18H,4-5,9H2,1H3;3-4,7,9-10H,5-6H2,1-2H3,(H,14,15)(H,16,17)/t14-,15-;11-,12+;9-,10-/m101/s1. The summed E-state index contributed by atoms with van der Waals surface area (Å²) in [6.45, 7) is 8.77. The van der Waals surface area contributed by atoms with Crippen LogP contribution in [0.25, 0.3) is 0 Å². The van der Waals surface area contributed by atoms with Gasteiger partial charge in [0, 0.05) is 81.5 Å². The summed E-state index contributed by atoms with van der Waals surface area (Å²) in [6, 6.07) is 12.0. The van der Waals surface area contributed by atoms with Crippen molar-refractivity contribution in [2.24, 2.45) is 7.05 Å². The first-order chi connectivity index (χ1) is 31.3. The number of rotatable bonds is 21. The highest BCUT2D eigenvalue weighted by atomic mass is 32.1. The van der Waals surface area contributed by atoms with Crippen molar-refractivity contribution in [2.75, 3.05) is 54.0 Å². The summed E-state index contributed by atoms with van der Waals surface area (Å²) in [7, 11) is 6.39. The number of carboxylic acid groups (broad SMARTS) is 1. The summed E-state index contributed by atoms with van der Waals surface area (Å²) in [4.78, 5) is 57.6. The molecule has 2 saturated heterocycles. The normalized spacial score (nSPS) is 20.3. The molecule has 4 aromatic heterocycles. The summed E-state index contributed by atoms with van der Waals surface area (Å²) in [6.07, 6.45) is -1.10. The molecule has 6 atom stereocenters. The molecule has 6 N–H and O–H groups in total. The molecule has 0 aromatic carbocycles. The van der Waals surface area contributed by atoms with Crippen LogP contribution < -0.4 is 16.0 Å². The van der Waals surface area contributed by atoms with Gasteiger partial charge in [0.05, 0.1) is 12.6 Å². The van der Waals surface area contributed by atoms with E-state index in [-0.39, 0.29) is 18.4 Å². The maximum atomic E-state index is 12.8. The van der Waals surface area contributed by atoms with Crippen molar-refractivity contribution in [1.82, 2.24) is 30.4 Å². The van der Waals surface area contributed by atoms with Crippen LogP contribution in [-0.2, 0) is 73.9 Å². The molecule has 4 aromatic rings. The third-order valence-electron chi connectivity index (χ3n) is 9.99. The lowest BCUT2D eigenvalue weighted by atomic mass is 10.1. The molecule has 0 unspecified atom stereocenters. The fourth-order valence-electron chi connectivity index (χ4n) is 6.63. The fourth-order valence-corrected chi connectivity index (χ4v) is 8.76. The van der Waals surface area contributed by atoms with Crippen LogP contribution in [0.5, 0.6) is 0 Å². The van der Waals surface area contributed by atoms with Crippen molar-refractivity contribution in [3.8, 4) is 0 Å². The predicted molar refractivity (Wildman–Crippen MR) is 248 cm³/mol. The minimum Gasteiger partial charge on any atom is -0.479 e. The van der Waals surface area contributed by atoms with E-state index < -0.39 is 66.4 Å². The summed E-state index contributed by atoms with van der Waals surface area (Å²) in [5.74, 6) is -4.00. The van der Waals surface area contributed by atoms with Gasteiger partial charge >= 0.3 is 5.97 Å². The second kappa shape index (κ2) is 26.4. The Balaban J connectivity index is 0.000000221. The maximum absolute atomic E-state index is 12.8. The van der Waals surface area contributed by atoms with Gasteiger partial charge in [-0.15, -0.1) is 34.0 Å². The number of thiophene rings is 3. The third-order valence-corrected chi connectivity index (χ3v) is 12.8. The van der Waals surface area contributed by atoms with Gasteiger partial charge in [-0.1, -0.05) is 18.2 Å². The van der Waals surface area contributed by atoms with Crippen LogP contribution in [0.2, 0.25) is 0 Å². The number of nitrogens with one attached hydrogen (secondary N) is 3. The molecule has 0 bridgehead atoms. The molecule has 6 heterocycles. The van der Waals surface area contributed by atoms with Gasteiger partial charge in [-0.3, -0.25) is 14.4 Å². The molecule has 19 nitrogen and oxygen atoms in total. The van der Waals surface area contributed by atoms with Gasteiger partial charge in [-0.25, -0.2) is 9.78 Å². The molecule has 3 amide bonds. The predicted octanol–water partition coefficient (Wildman–Crippen LogP) is 2.72. The molecule has 0 saturated carbocycles. The van der Waals surface area contributed by atoms with Crippen molar-refractivity contribution in [2.45, 2.75) is 101 Å². The van der Waals surface area contributed by atoms with E-state index in [4.69, 9.17) is 33.5 Å². The van der Waals surface area contributed by atoms with E-state index in [0.29, 0.717) is 31.9 Å². The number of likely N-dealkylation sites (N-methyl/N-ethyl adjacent to an activating group) is 1. The number of carbonyl (C=O) groups is 4. The van der Waals surface area contributed by atoms with E-state index >= 15 is 0 Å². The molecule has 22 heteroatoms. The second-order valence-corrected chi connectivity index (χ2v) is 19.2. The Hall–Kier alpha value is -4.17. The van der Waals surface area contributed by atoms with Gasteiger partial charge in [0.25, 0.3) is 17.7 Å². The SMILES string of the molecule is CC1(C)O[C@@H](C(=O)O)[C@H](C(=O)NCCc2cccs2)O1.COC(CN(C)C(=O)[C@@H]1OC(C)(C)O[C@H]1C(=O)NCCc1cccs1)OC.Cn1ccnc1[C@H](O)[C@@H](O)CNCCc1cccs1. The number of hydrogen-bond donors (Lipinski definition) is 6. The largest absolute Gasteiger partial charge is 0.479 e. The Morgan fingerprint density at radius 2 is 1.23 bits per heavy atom. The number of aliphatic hydroxyl groups excluding tert-OH is 2. The molecule has 2 fully saturated rings. The number of carbonyl (C=O) groups excluding carboxylic acids is 3. The Kier molecular flexibility index (Phi) is 21.8. The van der Waals surface area contributed by atoms with Crippen molar-refractivity contribution in [1.29, 1.82) is 0 Å². The zero-order valence-corrected chi connectivity index (χ0v) is 41.0. The van der Waals surface area contributed by atoms with Crippen LogP contribution >= 0.6 is 34.0 Å². The highest BCUT2D eigenvalue weighted by molar-refractivity contribution is 7.10. The van der Waals surface area contributed by atoms with Gasteiger partial charge in [0.1, 0.15) is 11.9 Å². The molecule has 2 aliphatic heterocycles. The van der Waals surface area contributed by atoms with E-state index in [1.807, 2.05) is 41.1 Å². The minimum atomic E-state index is -1.27. The van der Waals surface area contributed by atoms with Gasteiger partial charge in [-0.2, -0.15) is 0 Å². The van der Waals surface area contributed by atoms with E-state index in [2.05, 4.69) is 32.4 Å². The summed E-state index contributed by atoms with van der Waals surface area (Å²) in [5.41, 5.74) is 0. The number of aromatic nitrogens is 2. The third kappa shape index (κ3) is 17.2. The smallest absolute Gasteiger partial charge is 0.336 e. The van der Waals surface area contributed by atoms with Crippen LogP contribution in [0.15, 0.2) is 64.9 Å². The maximum Gasteiger partial charge on any atom is 0.336 e. The van der Waals surface area contributed by atoms with E-state index in [1.54, 1.807) is 92.8 Å². The number of imidazole rings is 1. The van der Waals surface area contributed by atoms with Gasteiger partial charge < -0.3 is 69.2 Å². The van der Waals surface area contributed by atoms with Gasteiger partial charge in [0.2, 0.25) is 0 Å². The molecule has 0 aliphatic carbocycles. The van der Waals surface area contributed by atoms with Crippen molar-refractivity contribution < 1.29 is 62.9 Å². The minimum absolute atomic E-state index is 0.207. The number of hydrogen-bond acceptors (Lipinski definition) is 17. The molecule has 366 valence electrons. The number of amides is 3. The van der Waals surface area contributed by atoms with Crippen LogP contribution in [-0.4, -0.2) is 156 Å². The van der Waals surface area contributed by atoms with Crippen molar-refractivity contribution in [3.05, 3.63) is 85.4 Å². The first kappa shape index (κ1) is 54.4. The number of ether oxygens (including phenoxy) is 6. The number of nitrogens with zero attached hydrogens (tertiary/aromatic N) is 3. The Morgan fingerprint density at radius 3 is 1.65 bits per heavy atom. The second-order valence-electron chi connectivity index (χ2n) is 16.1. The van der Waals surface area contributed by atoms with Crippen molar-refractivity contribution >= 4 is 57.7 Å². The first-order valence-corrected chi connectivity index (χ1v) is 23.9. The number of aryl methyl sites for hydroxylation is 1. The number of carboxylic acids is 1. The van der Waals surface area contributed by atoms with E-state index in [9.17, 15) is 29.4 Å². The quantitative estimate of drug-likeness (QED) is 0.0520. The van der Waals surface area contributed by atoms with E-state index in [0.717, 1.165) is 24.3 Å². The highest BCUT2D eigenvalue weighted by Crippen LogP contribution is 2.30. The Labute approximate surface area is 397 Å². The summed E-state index contributed by atoms with van der Waals surface area (Å²) >= 11 is 4.97. The molecule has 2 aliphatic rings. The molecule has 66 heavy (non-hydrogen) atoms. The van der Waals surface area contributed by atoms with Crippen LogP contribution in [0.1, 0.15) is 54.3 Å². The lowest BCUT2D eigenvalue weighted by Crippen LogP contribution is -2.50. The average molecular weight is 981 g/mol. The summed E-state index contributed by atoms with van der Waals surface area (Å²) in [5, 5.41) is 43.6. The highest BCUT2D eigenvalue weighted by Gasteiger charge is 2.50. The average Bonchev–Trinajstić information content (AvgIpc) is 4.15. The Bertz CT molecular complexity index is 2040. The molecular weight excluding hydrogens is 917 g/mol. The molecular formula is C44H64N6O13S3. The number of methoxy groups -OCH3 is 2. The molecule has 6 rings (SSSR count). The van der Waals surface area contributed by atoms with Gasteiger partial charge in [0.15, 0.2) is 42.3 Å². The lowest BCUT2D eigenvalue weighted by molar-refractivity contribution is -0.166. The van der Waals surface area contributed by atoms with Crippen LogP contribution in [0, 0.1) is 0 Å². The zero-order valence-electron chi connectivity index (χ0n) is 38.5. The monoisotopic (exact) mass is 980 g/mol. The lowest BCUT2D eigenvalue weighted by Gasteiger charge is -2.25. The molecule has 0 spiro atoms. The summed E-state index contributed by atoms with van der Waals surface area (Å²) < 4.78 is 33.9. The topological polar surface area (TPSA) is 241 Å².